The highest BCUT2D eigenvalue weighted by atomic mass is 15.0. The molecule has 0 radical (unpaired) electrons. The Balaban J connectivity index is 1.80. The van der Waals surface area contributed by atoms with E-state index in [1.807, 2.05) is 13.1 Å². The standard InChI is InChI=1S/C11H18N4/c1-8-5-14-11(6-13-8)7-15-10-3-2-9(12)4-10/h5-6,9-10,15H,2-4,7,12H2,1H3. The topological polar surface area (TPSA) is 63.8 Å². The summed E-state index contributed by atoms with van der Waals surface area (Å²) >= 11 is 0. The number of aryl methyl sites for hydroxylation is 1. The zero-order valence-corrected chi connectivity index (χ0v) is 9.11. The zero-order valence-electron chi connectivity index (χ0n) is 9.11. The maximum Gasteiger partial charge on any atom is 0.0724 e. The second-order valence-corrected chi connectivity index (χ2v) is 4.30. The van der Waals surface area contributed by atoms with Crippen molar-refractivity contribution in [2.24, 2.45) is 5.73 Å². The molecule has 1 aliphatic carbocycles. The van der Waals surface area contributed by atoms with Crippen LogP contribution in [0.2, 0.25) is 0 Å². The van der Waals surface area contributed by atoms with Gasteiger partial charge in [-0.25, -0.2) is 0 Å². The van der Waals surface area contributed by atoms with Crippen molar-refractivity contribution in [3.8, 4) is 0 Å². The van der Waals surface area contributed by atoms with E-state index in [1.54, 1.807) is 6.20 Å². The summed E-state index contributed by atoms with van der Waals surface area (Å²) in [7, 11) is 0. The second-order valence-electron chi connectivity index (χ2n) is 4.30. The summed E-state index contributed by atoms with van der Waals surface area (Å²) in [5, 5.41) is 3.47. The number of nitrogens with zero attached hydrogens (tertiary/aromatic N) is 2. The zero-order chi connectivity index (χ0) is 10.7. The van der Waals surface area contributed by atoms with Crippen LogP contribution in [0.5, 0.6) is 0 Å². The van der Waals surface area contributed by atoms with Gasteiger partial charge in [-0.3, -0.25) is 9.97 Å². The summed E-state index contributed by atoms with van der Waals surface area (Å²) < 4.78 is 0. The van der Waals surface area contributed by atoms with Crippen LogP contribution < -0.4 is 11.1 Å². The lowest BCUT2D eigenvalue weighted by atomic mass is 10.2. The van der Waals surface area contributed by atoms with Gasteiger partial charge in [0.15, 0.2) is 0 Å². The van der Waals surface area contributed by atoms with Crippen molar-refractivity contribution in [2.75, 3.05) is 0 Å². The van der Waals surface area contributed by atoms with E-state index in [9.17, 15) is 0 Å². The minimum Gasteiger partial charge on any atom is -0.328 e. The van der Waals surface area contributed by atoms with E-state index in [0.717, 1.165) is 30.8 Å². The Morgan fingerprint density at radius 3 is 2.87 bits per heavy atom. The fourth-order valence-electron chi connectivity index (χ4n) is 1.96. The van der Waals surface area contributed by atoms with E-state index < -0.39 is 0 Å². The Hall–Kier alpha value is -1.00. The van der Waals surface area contributed by atoms with E-state index in [1.165, 1.54) is 6.42 Å². The number of nitrogens with one attached hydrogen (secondary N) is 1. The molecule has 2 unspecified atom stereocenters. The Kier molecular flexibility index (Phi) is 3.28. The number of nitrogens with two attached hydrogens (primary N) is 1. The first-order valence-corrected chi connectivity index (χ1v) is 5.50. The quantitative estimate of drug-likeness (QED) is 0.766. The normalized spacial score (nSPS) is 25.7. The van der Waals surface area contributed by atoms with Crippen LogP contribution in [-0.2, 0) is 6.54 Å². The summed E-state index contributed by atoms with van der Waals surface area (Å²) in [5.41, 5.74) is 7.81. The molecule has 1 heterocycles. The van der Waals surface area contributed by atoms with Crippen LogP contribution in [0.15, 0.2) is 12.4 Å². The maximum absolute atomic E-state index is 5.85. The van der Waals surface area contributed by atoms with Crippen LogP contribution in [0.4, 0.5) is 0 Å². The molecule has 82 valence electrons. The van der Waals surface area contributed by atoms with Crippen molar-refractivity contribution in [1.82, 2.24) is 15.3 Å². The van der Waals surface area contributed by atoms with Crippen molar-refractivity contribution in [1.29, 1.82) is 0 Å². The summed E-state index contributed by atoms with van der Waals surface area (Å²) in [5.74, 6) is 0. The van der Waals surface area contributed by atoms with Crippen LogP contribution in [0.1, 0.15) is 30.7 Å². The van der Waals surface area contributed by atoms with Crippen molar-refractivity contribution in [3.05, 3.63) is 23.8 Å². The van der Waals surface area contributed by atoms with Gasteiger partial charge in [0.1, 0.15) is 0 Å². The summed E-state index contributed by atoms with van der Waals surface area (Å²) in [6, 6.07) is 0.940. The third-order valence-corrected chi connectivity index (χ3v) is 2.88. The van der Waals surface area contributed by atoms with Crippen LogP contribution in [0, 0.1) is 6.92 Å². The van der Waals surface area contributed by atoms with Crippen LogP contribution in [0.3, 0.4) is 0 Å². The van der Waals surface area contributed by atoms with Crippen molar-refractivity contribution >= 4 is 0 Å². The third-order valence-electron chi connectivity index (χ3n) is 2.88. The first-order chi connectivity index (χ1) is 7.24. The first kappa shape index (κ1) is 10.5. The van der Waals surface area contributed by atoms with Gasteiger partial charge in [-0.05, 0) is 26.2 Å². The molecule has 2 atom stereocenters. The summed E-state index contributed by atoms with van der Waals surface area (Å²) in [4.78, 5) is 8.51. The molecule has 1 aromatic rings. The van der Waals surface area contributed by atoms with Gasteiger partial charge < -0.3 is 11.1 Å². The predicted octanol–water partition coefficient (Wildman–Crippen LogP) is 0.754. The predicted molar refractivity (Wildman–Crippen MR) is 59.2 cm³/mol. The molecular formula is C11H18N4. The average Bonchev–Trinajstić information content (AvgIpc) is 2.64. The minimum absolute atomic E-state index is 0.381. The van der Waals surface area contributed by atoms with E-state index in [4.69, 9.17) is 5.73 Å². The molecule has 1 aromatic heterocycles. The number of hydrogen-bond acceptors (Lipinski definition) is 4. The highest BCUT2D eigenvalue weighted by Gasteiger charge is 2.20. The molecule has 3 N–H and O–H groups in total. The largest absolute Gasteiger partial charge is 0.328 e. The van der Waals surface area contributed by atoms with Gasteiger partial charge in [0.05, 0.1) is 11.4 Å². The van der Waals surface area contributed by atoms with E-state index in [0.29, 0.717) is 12.1 Å². The van der Waals surface area contributed by atoms with E-state index >= 15 is 0 Å². The third kappa shape index (κ3) is 2.97. The molecule has 0 aromatic carbocycles. The molecule has 1 saturated carbocycles. The van der Waals surface area contributed by atoms with Gasteiger partial charge in [0.2, 0.25) is 0 Å². The fraction of sp³-hybridized carbons (Fsp3) is 0.636. The molecule has 0 amide bonds. The molecule has 2 rings (SSSR count). The molecule has 0 saturated heterocycles. The van der Waals surface area contributed by atoms with Gasteiger partial charge >= 0.3 is 0 Å². The molecule has 4 heteroatoms. The lowest BCUT2D eigenvalue weighted by Gasteiger charge is -2.11. The SMILES string of the molecule is Cc1cnc(CNC2CCC(N)C2)cn1. The minimum atomic E-state index is 0.381. The lowest BCUT2D eigenvalue weighted by Crippen LogP contribution is -2.28. The molecule has 4 nitrogen and oxygen atoms in total. The summed E-state index contributed by atoms with van der Waals surface area (Å²) in [6.07, 6.45) is 7.03. The second kappa shape index (κ2) is 4.68. The monoisotopic (exact) mass is 206 g/mol. The van der Waals surface area contributed by atoms with Crippen LogP contribution in [0.25, 0.3) is 0 Å². The van der Waals surface area contributed by atoms with Gasteiger partial charge in [0, 0.05) is 31.0 Å². The lowest BCUT2D eigenvalue weighted by molar-refractivity contribution is 0.511. The van der Waals surface area contributed by atoms with Gasteiger partial charge in [-0.15, -0.1) is 0 Å². The van der Waals surface area contributed by atoms with Crippen molar-refractivity contribution in [2.45, 2.75) is 44.8 Å². The van der Waals surface area contributed by atoms with Gasteiger partial charge in [0.25, 0.3) is 0 Å². The van der Waals surface area contributed by atoms with E-state index in [-0.39, 0.29) is 0 Å². The maximum atomic E-state index is 5.85. The summed E-state index contributed by atoms with van der Waals surface area (Å²) in [6.45, 7) is 2.74. The molecule has 0 aliphatic heterocycles. The van der Waals surface area contributed by atoms with Crippen molar-refractivity contribution in [3.63, 3.8) is 0 Å². The molecule has 1 aliphatic rings. The first-order valence-electron chi connectivity index (χ1n) is 5.50. The molecule has 0 spiro atoms. The molecule has 1 fully saturated rings. The van der Waals surface area contributed by atoms with Gasteiger partial charge in [-0.1, -0.05) is 0 Å². The fourth-order valence-corrected chi connectivity index (χ4v) is 1.96. The Morgan fingerprint density at radius 2 is 2.27 bits per heavy atom. The van der Waals surface area contributed by atoms with Crippen molar-refractivity contribution < 1.29 is 0 Å². The smallest absolute Gasteiger partial charge is 0.0724 e. The van der Waals surface area contributed by atoms with Gasteiger partial charge in [-0.2, -0.15) is 0 Å². The molecule has 15 heavy (non-hydrogen) atoms. The Bertz CT molecular complexity index is 309. The number of aromatic nitrogens is 2. The van der Waals surface area contributed by atoms with Crippen LogP contribution in [-0.4, -0.2) is 22.1 Å². The number of hydrogen-bond donors (Lipinski definition) is 2. The average molecular weight is 206 g/mol. The highest BCUT2D eigenvalue weighted by Crippen LogP contribution is 2.17. The van der Waals surface area contributed by atoms with E-state index in [2.05, 4.69) is 15.3 Å². The highest BCUT2D eigenvalue weighted by molar-refractivity contribution is 5.00. The Labute approximate surface area is 90.3 Å². The molecule has 0 bridgehead atoms. The Morgan fingerprint density at radius 1 is 1.40 bits per heavy atom. The number of rotatable bonds is 3. The van der Waals surface area contributed by atoms with Crippen LogP contribution >= 0.6 is 0 Å². The molecular weight excluding hydrogens is 188 g/mol.